The van der Waals surface area contributed by atoms with E-state index in [1.807, 2.05) is 0 Å². The van der Waals surface area contributed by atoms with E-state index in [1.165, 1.54) is 44.6 Å². The quantitative estimate of drug-likeness (QED) is 0.476. The van der Waals surface area contributed by atoms with Crippen LogP contribution in [0.2, 0.25) is 10.0 Å². The standard InChI is InChI=1S/C26H30Cl2N2O3/c27-18-7-12-21(22(28)17-18)24(31)29-19-8-10-20(11-9-19)30-25(32)23-13-16-26(33-23)14-5-3-1-2-4-6-15-26/h7-12,17,23H,1-6,13-16H2,(H,29,31)(H,30,32). The summed E-state index contributed by atoms with van der Waals surface area (Å²) in [5.41, 5.74) is 1.49. The first kappa shape index (κ1) is 24.1. The summed E-state index contributed by atoms with van der Waals surface area (Å²) in [5.74, 6) is -0.426. The van der Waals surface area contributed by atoms with Crippen molar-refractivity contribution in [1.29, 1.82) is 0 Å². The fraction of sp³-hybridized carbons (Fsp3) is 0.462. The molecule has 5 nitrogen and oxygen atoms in total. The van der Waals surface area contributed by atoms with Crippen molar-refractivity contribution < 1.29 is 14.3 Å². The summed E-state index contributed by atoms with van der Waals surface area (Å²) in [6, 6.07) is 11.8. The number of hydrogen-bond acceptors (Lipinski definition) is 3. The summed E-state index contributed by atoms with van der Waals surface area (Å²) < 4.78 is 6.37. The predicted octanol–water partition coefficient (Wildman–Crippen LogP) is 7.24. The number of ether oxygens (including phenoxy) is 1. The SMILES string of the molecule is O=C(Nc1ccc(NC(=O)C2CCC3(CCCCCCCC3)O2)cc1)c1ccc(Cl)cc1Cl. The Labute approximate surface area is 205 Å². The van der Waals surface area contributed by atoms with E-state index in [1.54, 1.807) is 36.4 Å². The Bertz CT molecular complexity index is 984. The third-order valence-corrected chi connectivity index (χ3v) is 7.20. The molecule has 1 atom stereocenters. The van der Waals surface area contributed by atoms with E-state index in [4.69, 9.17) is 27.9 Å². The highest BCUT2D eigenvalue weighted by atomic mass is 35.5. The van der Waals surface area contributed by atoms with Crippen molar-refractivity contribution in [3.05, 3.63) is 58.1 Å². The minimum atomic E-state index is -0.405. The summed E-state index contributed by atoms with van der Waals surface area (Å²) in [5, 5.41) is 6.53. The highest BCUT2D eigenvalue weighted by Gasteiger charge is 2.42. The van der Waals surface area contributed by atoms with E-state index in [-0.39, 0.29) is 22.4 Å². The Balaban J connectivity index is 1.32. The second-order valence-electron chi connectivity index (χ2n) is 9.09. The van der Waals surface area contributed by atoms with E-state index >= 15 is 0 Å². The maximum Gasteiger partial charge on any atom is 0.257 e. The third-order valence-electron chi connectivity index (χ3n) is 6.65. The van der Waals surface area contributed by atoms with Crippen LogP contribution in [0.3, 0.4) is 0 Å². The number of nitrogens with one attached hydrogen (secondary N) is 2. The third kappa shape index (κ3) is 6.28. The molecule has 1 saturated carbocycles. The van der Waals surface area contributed by atoms with E-state index in [0.29, 0.717) is 22.0 Å². The zero-order valence-electron chi connectivity index (χ0n) is 18.7. The summed E-state index contributed by atoms with van der Waals surface area (Å²) >= 11 is 12.0. The molecule has 1 saturated heterocycles. The summed E-state index contributed by atoms with van der Waals surface area (Å²) in [7, 11) is 0. The number of rotatable bonds is 4. The van der Waals surface area contributed by atoms with Gasteiger partial charge in [-0.1, -0.05) is 61.7 Å². The number of carbonyl (C=O) groups is 2. The van der Waals surface area contributed by atoms with Crippen LogP contribution in [0.1, 0.15) is 74.6 Å². The van der Waals surface area contributed by atoms with Crippen LogP contribution in [0.4, 0.5) is 11.4 Å². The minimum absolute atomic E-state index is 0.100. The lowest BCUT2D eigenvalue weighted by atomic mass is 9.89. The van der Waals surface area contributed by atoms with Crippen LogP contribution in [0.25, 0.3) is 0 Å². The summed E-state index contributed by atoms with van der Waals surface area (Å²) in [6.45, 7) is 0. The van der Waals surface area contributed by atoms with Gasteiger partial charge in [0.05, 0.1) is 16.2 Å². The molecule has 33 heavy (non-hydrogen) atoms. The molecular formula is C26H30Cl2N2O3. The van der Waals surface area contributed by atoms with Crippen LogP contribution < -0.4 is 10.6 Å². The fourth-order valence-corrected chi connectivity index (χ4v) is 5.32. The topological polar surface area (TPSA) is 67.4 Å². The number of benzene rings is 2. The molecule has 1 unspecified atom stereocenters. The van der Waals surface area contributed by atoms with E-state index in [2.05, 4.69) is 10.6 Å². The van der Waals surface area contributed by atoms with Gasteiger partial charge < -0.3 is 15.4 Å². The molecular weight excluding hydrogens is 459 g/mol. The van der Waals surface area contributed by atoms with Gasteiger partial charge in [-0.3, -0.25) is 9.59 Å². The first-order chi connectivity index (χ1) is 15.9. The maximum atomic E-state index is 12.8. The van der Waals surface area contributed by atoms with Gasteiger partial charge in [-0.15, -0.1) is 0 Å². The van der Waals surface area contributed by atoms with Crippen LogP contribution in [0.5, 0.6) is 0 Å². The molecule has 2 aromatic carbocycles. The Kier molecular flexibility index (Phi) is 7.94. The van der Waals surface area contributed by atoms with Gasteiger partial charge >= 0.3 is 0 Å². The van der Waals surface area contributed by atoms with Crippen molar-refractivity contribution >= 4 is 46.4 Å². The predicted molar refractivity (Wildman–Crippen MR) is 133 cm³/mol. The van der Waals surface area contributed by atoms with Crippen LogP contribution in [0.15, 0.2) is 42.5 Å². The number of halogens is 2. The molecule has 1 aliphatic heterocycles. The van der Waals surface area contributed by atoms with Crippen molar-refractivity contribution in [2.75, 3.05) is 10.6 Å². The van der Waals surface area contributed by atoms with Gasteiger partial charge in [0, 0.05) is 16.4 Å². The largest absolute Gasteiger partial charge is 0.362 e. The molecule has 0 aromatic heterocycles. The van der Waals surface area contributed by atoms with Crippen LogP contribution in [-0.4, -0.2) is 23.5 Å². The molecule has 2 aromatic rings. The summed E-state index contributed by atoms with van der Waals surface area (Å²) in [4.78, 5) is 25.3. The van der Waals surface area contributed by atoms with Gasteiger partial charge in [-0.2, -0.15) is 0 Å². The monoisotopic (exact) mass is 488 g/mol. The smallest absolute Gasteiger partial charge is 0.257 e. The average Bonchev–Trinajstić information content (AvgIpc) is 3.25. The highest BCUT2D eigenvalue weighted by Crippen LogP contribution is 2.40. The average molecular weight is 489 g/mol. The molecule has 2 fully saturated rings. The molecule has 0 bridgehead atoms. The molecule has 1 heterocycles. The number of amides is 2. The van der Waals surface area contributed by atoms with Crippen molar-refractivity contribution in [3.63, 3.8) is 0 Å². The molecule has 0 radical (unpaired) electrons. The second kappa shape index (κ2) is 10.9. The first-order valence-corrected chi connectivity index (χ1v) is 12.5. The van der Waals surface area contributed by atoms with Gasteiger partial charge in [0.1, 0.15) is 6.10 Å². The highest BCUT2D eigenvalue weighted by molar-refractivity contribution is 6.37. The van der Waals surface area contributed by atoms with Crippen LogP contribution in [0, 0.1) is 0 Å². The molecule has 1 spiro atoms. The van der Waals surface area contributed by atoms with E-state index in [9.17, 15) is 9.59 Å². The zero-order valence-corrected chi connectivity index (χ0v) is 20.2. The second-order valence-corrected chi connectivity index (χ2v) is 9.94. The van der Waals surface area contributed by atoms with Crippen molar-refractivity contribution in [1.82, 2.24) is 0 Å². The maximum absolute atomic E-state index is 12.8. The van der Waals surface area contributed by atoms with Crippen LogP contribution in [-0.2, 0) is 9.53 Å². The van der Waals surface area contributed by atoms with Gasteiger partial charge in [-0.25, -0.2) is 0 Å². The molecule has 4 rings (SSSR count). The van der Waals surface area contributed by atoms with Crippen molar-refractivity contribution in [3.8, 4) is 0 Å². The van der Waals surface area contributed by atoms with Crippen LogP contribution >= 0.6 is 23.2 Å². The Morgan fingerprint density at radius 2 is 1.42 bits per heavy atom. The number of anilines is 2. The summed E-state index contributed by atoms with van der Waals surface area (Å²) in [6.07, 6.45) is 10.9. The minimum Gasteiger partial charge on any atom is -0.362 e. The fourth-order valence-electron chi connectivity index (χ4n) is 4.82. The van der Waals surface area contributed by atoms with Gasteiger partial charge in [-0.05, 0) is 68.1 Å². The van der Waals surface area contributed by atoms with Crippen molar-refractivity contribution in [2.45, 2.75) is 75.9 Å². The molecule has 2 aliphatic rings. The van der Waals surface area contributed by atoms with Gasteiger partial charge in [0.25, 0.3) is 11.8 Å². The molecule has 7 heteroatoms. The van der Waals surface area contributed by atoms with Gasteiger partial charge in [0.2, 0.25) is 0 Å². The lowest BCUT2D eigenvalue weighted by molar-refractivity contribution is -0.133. The number of carbonyl (C=O) groups excluding carboxylic acids is 2. The Hall–Kier alpha value is -2.08. The van der Waals surface area contributed by atoms with Crippen molar-refractivity contribution in [2.24, 2.45) is 0 Å². The normalized spacial score (nSPS) is 20.5. The molecule has 2 amide bonds. The number of hydrogen-bond donors (Lipinski definition) is 2. The molecule has 176 valence electrons. The zero-order chi connectivity index (χ0) is 23.3. The van der Waals surface area contributed by atoms with E-state index in [0.717, 1.165) is 25.7 Å². The first-order valence-electron chi connectivity index (χ1n) is 11.8. The lowest BCUT2D eigenvalue weighted by Gasteiger charge is -2.29. The molecule has 2 N–H and O–H groups in total. The van der Waals surface area contributed by atoms with Gasteiger partial charge in [0.15, 0.2) is 0 Å². The Morgan fingerprint density at radius 1 is 0.818 bits per heavy atom. The van der Waals surface area contributed by atoms with E-state index < -0.39 is 6.10 Å². The molecule has 1 aliphatic carbocycles. The Morgan fingerprint density at radius 3 is 2.06 bits per heavy atom. The lowest BCUT2D eigenvalue weighted by Crippen LogP contribution is -2.34.